The van der Waals surface area contributed by atoms with Crippen LogP contribution < -0.4 is 5.32 Å². The number of rotatable bonds is 20. The Morgan fingerprint density at radius 2 is 1.38 bits per heavy atom. The summed E-state index contributed by atoms with van der Waals surface area (Å²) in [4.78, 5) is 86.4. The molecule has 2 heterocycles. The standard InChI is InChI=1S/C41H46N10O17/c1-20(52)60-19-30-32(56)27(55)17-31(63-30)65-34-26(48-51-44)16-25(47-38(57)28(61-21(2)53)14-15-45-49-42)33(62-22(3)54)36(34)68-41-37(67-40(59)24-12-8-5-9-13-24)35(29(64-41)18-46-50-43)66-39(58)23-10-6-4-7-11-23/h4-13,17,25-26,28-37,41,55-56H,14-16,18-19H2,1-3H3,(H,47,57)/t25-,26?,28+,29-,30?,31-,32+,33?,34-,35?,36?,37+,41+/m1/s1. The van der Waals surface area contributed by atoms with Crippen molar-refractivity contribution in [3.05, 3.63) is 115 Å². The third kappa shape index (κ3) is 14.0. The third-order valence-corrected chi connectivity index (χ3v) is 10.3. The first-order valence-electron chi connectivity index (χ1n) is 20.7. The molecule has 0 bridgehead atoms. The van der Waals surface area contributed by atoms with Crippen LogP contribution in [0.25, 0.3) is 31.3 Å². The fourth-order valence-electron chi connectivity index (χ4n) is 7.38. The molecule has 1 saturated carbocycles. The molecule has 5 unspecified atom stereocenters. The summed E-state index contributed by atoms with van der Waals surface area (Å²) in [6.45, 7) is 1.70. The van der Waals surface area contributed by atoms with E-state index < -0.39 is 141 Å². The van der Waals surface area contributed by atoms with Crippen LogP contribution in [0, 0.1) is 0 Å². The minimum atomic E-state index is -1.89. The van der Waals surface area contributed by atoms with Crippen molar-refractivity contribution in [2.45, 2.75) is 113 Å². The van der Waals surface area contributed by atoms with Gasteiger partial charge >= 0.3 is 29.8 Å². The molecule has 0 radical (unpaired) electrons. The average molecular weight is 951 g/mol. The number of benzene rings is 2. The number of azide groups is 3. The maximum Gasteiger partial charge on any atom is 0.338 e. The number of carbonyl (C=O) groups is 6. The number of aliphatic hydroxyl groups is 2. The SMILES string of the molecule is CC(=O)OCC1O[C@H](O[C@@H]2C(N=[N+]=[N-])C[C@@H](NC(=O)[C@H](CCN=[N+]=[N-])OC(C)=O)C(OC(C)=O)C2O[C@@H]2O[C@H](CN=[N+]=[N-])C(OC(=O)c3ccccc3)[C@@H]2OC(=O)c2ccccc2)C=C(O)[C@@H]1O. The lowest BCUT2D eigenvalue weighted by molar-refractivity contribution is -0.279. The highest BCUT2D eigenvalue weighted by molar-refractivity contribution is 5.90. The molecule has 0 spiro atoms. The van der Waals surface area contributed by atoms with Crippen molar-refractivity contribution in [2.24, 2.45) is 15.3 Å². The molecule has 5 rings (SSSR count). The van der Waals surface area contributed by atoms with Crippen molar-refractivity contribution in [3.8, 4) is 0 Å². The van der Waals surface area contributed by atoms with Crippen molar-refractivity contribution >= 4 is 35.8 Å². The van der Waals surface area contributed by atoms with Gasteiger partial charge in [-0.3, -0.25) is 19.2 Å². The van der Waals surface area contributed by atoms with E-state index >= 15 is 0 Å². The van der Waals surface area contributed by atoms with Crippen LogP contribution in [0.1, 0.15) is 54.3 Å². The molecule has 2 aromatic carbocycles. The van der Waals surface area contributed by atoms with Gasteiger partial charge in [-0.2, -0.15) is 0 Å². The minimum Gasteiger partial charge on any atom is -0.510 e. The van der Waals surface area contributed by atoms with Gasteiger partial charge in [0.15, 0.2) is 37.0 Å². The topological polar surface area (TPSA) is 384 Å². The fraction of sp³-hybridized carbons (Fsp3) is 0.512. The minimum absolute atomic E-state index is 0.0232. The van der Waals surface area contributed by atoms with Crippen LogP contribution in [-0.2, 0) is 61.8 Å². The predicted molar refractivity (Wildman–Crippen MR) is 225 cm³/mol. The van der Waals surface area contributed by atoms with E-state index in [1.807, 2.05) is 0 Å². The van der Waals surface area contributed by atoms with Crippen LogP contribution in [-0.4, -0.2) is 145 Å². The Balaban J connectivity index is 1.64. The van der Waals surface area contributed by atoms with Gasteiger partial charge in [0.05, 0.1) is 35.9 Å². The summed E-state index contributed by atoms with van der Waals surface area (Å²) in [5.41, 5.74) is 28.1. The van der Waals surface area contributed by atoms with E-state index in [9.17, 15) is 50.0 Å². The van der Waals surface area contributed by atoms with Gasteiger partial charge in [0.1, 0.15) is 36.8 Å². The third-order valence-electron chi connectivity index (χ3n) is 10.3. The molecule has 68 heavy (non-hydrogen) atoms. The van der Waals surface area contributed by atoms with Crippen LogP contribution in [0.2, 0.25) is 0 Å². The molecule has 27 heteroatoms. The van der Waals surface area contributed by atoms with Crippen LogP contribution >= 0.6 is 0 Å². The predicted octanol–water partition coefficient (Wildman–Crippen LogP) is 3.47. The summed E-state index contributed by atoms with van der Waals surface area (Å²) in [6, 6.07) is 12.3. The molecule has 2 aromatic rings. The summed E-state index contributed by atoms with van der Waals surface area (Å²) in [5.74, 6) is -6.21. The van der Waals surface area contributed by atoms with E-state index in [4.69, 9.17) is 48.2 Å². The molecule has 1 aliphatic carbocycles. The number of nitrogens with one attached hydrogen (secondary N) is 1. The summed E-state index contributed by atoms with van der Waals surface area (Å²) in [7, 11) is 0. The van der Waals surface area contributed by atoms with Gasteiger partial charge in [0, 0.05) is 48.1 Å². The average Bonchev–Trinajstić information content (AvgIpc) is 3.62. The van der Waals surface area contributed by atoms with E-state index in [1.54, 1.807) is 36.4 Å². The maximum absolute atomic E-state index is 13.9. The van der Waals surface area contributed by atoms with Crippen LogP contribution in [0.15, 0.2) is 87.8 Å². The lowest BCUT2D eigenvalue weighted by atomic mass is 9.83. The summed E-state index contributed by atoms with van der Waals surface area (Å²) in [5, 5.41) is 34.9. The van der Waals surface area contributed by atoms with Gasteiger partial charge in [-0.15, -0.1) is 0 Å². The van der Waals surface area contributed by atoms with Crippen molar-refractivity contribution < 1.29 is 81.6 Å². The molecule has 2 fully saturated rings. The molecule has 1 amide bonds. The van der Waals surface area contributed by atoms with E-state index in [-0.39, 0.29) is 24.1 Å². The highest BCUT2D eigenvalue weighted by atomic mass is 16.8. The number of hydrogen-bond acceptors (Lipinski definition) is 20. The zero-order valence-electron chi connectivity index (χ0n) is 36.4. The molecular formula is C41H46N10O17. The zero-order chi connectivity index (χ0) is 49.3. The highest BCUT2D eigenvalue weighted by Crippen LogP contribution is 2.37. The van der Waals surface area contributed by atoms with E-state index in [0.717, 1.165) is 26.8 Å². The number of hydrogen-bond donors (Lipinski definition) is 3. The van der Waals surface area contributed by atoms with Gasteiger partial charge in [0.2, 0.25) is 0 Å². The molecule has 27 nitrogen and oxygen atoms in total. The van der Waals surface area contributed by atoms with E-state index in [2.05, 4.69) is 35.4 Å². The lowest BCUT2D eigenvalue weighted by Gasteiger charge is -2.46. The van der Waals surface area contributed by atoms with Crippen molar-refractivity contribution in [2.75, 3.05) is 19.7 Å². The Morgan fingerprint density at radius 3 is 1.96 bits per heavy atom. The number of ether oxygens (including phenoxy) is 9. The summed E-state index contributed by atoms with van der Waals surface area (Å²) < 4.78 is 52.8. The second-order valence-corrected chi connectivity index (χ2v) is 15.0. The normalized spacial score (nSPS) is 27.7. The number of amides is 1. The Kier molecular flexibility index (Phi) is 18.9. The van der Waals surface area contributed by atoms with Gasteiger partial charge in [-0.05, 0) is 53.7 Å². The molecule has 3 N–H and O–H groups in total. The van der Waals surface area contributed by atoms with E-state index in [0.29, 0.717) is 0 Å². The van der Waals surface area contributed by atoms with Crippen molar-refractivity contribution in [1.29, 1.82) is 0 Å². The maximum atomic E-state index is 13.9. The molecule has 3 aliphatic rings. The molecule has 1 saturated heterocycles. The molecular weight excluding hydrogens is 905 g/mol. The number of carbonyl (C=O) groups excluding carboxylic acids is 6. The first kappa shape index (κ1) is 51.5. The largest absolute Gasteiger partial charge is 0.510 e. The first-order chi connectivity index (χ1) is 32.6. The molecule has 2 aliphatic heterocycles. The Morgan fingerprint density at radius 1 is 0.750 bits per heavy atom. The van der Waals surface area contributed by atoms with Gasteiger partial charge in [-0.25, -0.2) is 9.59 Å². The van der Waals surface area contributed by atoms with Gasteiger partial charge < -0.3 is 58.2 Å². The molecule has 13 atom stereocenters. The Hall–Kier alpha value is -7.47. The lowest BCUT2D eigenvalue weighted by Crippen LogP contribution is -2.65. The highest BCUT2D eigenvalue weighted by Gasteiger charge is 2.56. The van der Waals surface area contributed by atoms with Crippen LogP contribution in [0.5, 0.6) is 0 Å². The van der Waals surface area contributed by atoms with Gasteiger partial charge in [-0.1, -0.05) is 51.7 Å². The fourth-order valence-corrected chi connectivity index (χ4v) is 7.38. The quantitative estimate of drug-likeness (QED) is 0.0562. The van der Waals surface area contributed by atoms with E-state index in [1.165, 1.54) is 24.3 Å². The second kappa shape index (κ2) is 24.9. The van der Waals surface area contributed by atoms with Crippen molar-refractivity contribution in [3.63, 3.8) is 0 Å². The Bertz CT molecular complexity index is 2310. The zero-order valence-corrected chi connectivity index (χ0v) is 36.4. The monoisotopic (exact) mass is 950 g/mol. The summed E-state index contributed by atoms with van der Waals surface area (Å²) in [6.07, 6.45) is -18.1. The number of esters is 5. The molecule has 0 aromatic heterocycles. The smallest absolute Gasteiger partial charge is 0.338 e. The number of aliphatic hydroxyl groups excluding tert-OH is 2. The van der Waals surface area contributed by atoms with Crippen molar-refractivity contribution in [1.82, 2.24) is 5.32 Å². The van der Waals surface area contributed by atoms with Gasteiger partial charge in [0.25, 0.3) is 5.91 Å². The Labute approximate surface area is 385 Å². The van der Waals surface area contributed by atoms with Crippen LogP contribution in [0.4, 0.5) is 0 Å². The first-order valence-corrected chi connectivity index (χ1v) is 20.7. The van der Waals surface area contributed by atoms with Crippen LogP contribution in [0.3, 0.4) is 0 Å². The molecule has 362 valence electrons. The second-order valence-electron chi connectivity index (χ2n) is 15.0. The summed E-state index contributed by atoms with van der Waals surface area (Å²) >= 11 is 0. The number of nitrogens with zero attached hydrogens (tertiary/aromatic N) is 9.